The Balaban J connectivity index is 0.000000222. The minimum atomic E-state index is -4.79. The molecule has 0 unspecified atom stereocenters. The standard InChI is InChI=1S/C19H15F3N4O4S2.C17H18N4O2.Cu/c20-19(21,22)10-26-5-1-2-12-7-14(17(8-15(12)26)32(28,29)30)24-25-18-23-13-4-3-11(9-27)6-16(13)31-18;1-11-5-3-7-16(18-11)20-19-14-9-12-6-4-8-21(2)15(12)10-13(14)17(22)23;/h3-4,6-9H,1-2,5,10H2,(H,28,29,30);3,5,7,9-10H,4,6,8H2,1-2H3,(H,22,23);. The van der Waals surface area contributed by atoms with E-state index in [1.165, 1.54) is 6.07 Å². The first-order valence-corrected chi connectivity index (χ1v) is 19.0. The second-order valence-electron chi connectivity index (χ2n) is 12.8. The van der Waals surface area contributed by atoms with Crippen LogP contribution in [0.5, 0.6) is 0 Å². The number of aromatic nitrogens is 2. The van der Waals surface area contributed by atoms with Crippen molar-refractivity contribution in [3.8, 4) is 0 Å². The van der Waals surface area contributed by atoms with Crippen molar-refractivity contribution >= 4 is 77.6 Å². The predicted octanol–water partition coefficient (Wildman–Crippen LogP) is 8.97. The maximum atomic E-state index is 12.9. The van der Waals surface area contributed by atoms with E-state index in [0.717, 1.165) is 58.6 Å². The number of pyridine rings is 1. The quantitative estimate of drug-likeness (QED) is 0.0659. The maximum absolute atomic E-state index is 12.9. The number of benzene rings is 3. The number of alkyl halides is 3. The van der Waals surface area contributed by atoms with Crippen molar-refractivity contribution in [3.05, 3.63) is 88.6 Å². The van der Waals surface area contributed by atoms with Crippen LogP contribution < -0.4 is 9.80 Å². The molecule has 7 rings (SSSR count). The number of aldehydes is 1. The number of aromatic carboxylic acids is 1. The minimum absolute atomic E-state index is 0. The van der Waals surface area contributed by atoms with Gasteiger partial charge in [0.15, 0.2) is 5.82 Å². The number of carbonyl (C=O) groups excluding carboxylic acids is 1. The predicted molar refractivity (Wildman–Crippen MR) is 200 cm³/mol. The Labute approximate surface area is 333 Å². The smallest absolute Gasteiger partial charge is 0.405 e. The van der Waals surface area contributed by atoms with Gasteiger partial charge in [0.1, 0.15) is 29.1 Å². The van der Waals surface area contributed by atoms with Crippen molar-refractivity contribution in [2.24, 2.45) is 20.5 Å². The monoisotopic (exact) mass is 857 g/mol. The summed E-state index contributed by atoms with van der Waals surface area (Å²) in [4.78, 5) is 33.4. The summed E-state index contributed by atoms with van der Waals surface area (Å²) in [5, 5.41) is 25.7. The molecule has 297 valence electrons. The molecular weight excluding hydrogens is 825 g/mol. The van der Waals surface area contributed by atoms with Gasteiger partial charge in [0, 0.05) is 59.8 Å². The van der Waals surface area contributed by atoms with Crippen LogP contribution >= 0.6 is 11.3 Å². The Morgan fingerprint density at radius 1 is 0.929 bits per heavy atom. The van der Waals surface area contributed by atoms with Crippen LogP contribution in [0.1, 0.15) is 50.4 Å². The van der Waals surface area contributed by atoms with Gasteiger partial charge in [-0.3, -0.25) is 9.35 Å². The second-order valence-corrected chi connectivity index (χ2v) is 15.2. The number of carbonyl (C=O) groups is 2. The molecule has 0 bridgehead atoms. The Morgan fingerprint density at radius 3 is 2.30 bits per heavy atom. The molecule has 5 aromatic rings. The zero-order chi connectivity index (χ0) is 39.5. The van der Waals surface area contributed by atoms with E-state index < -0.39 is 33.7 Å². The number of anilines is 2. The van der Waals surface area contributed by atoms with Crippen LogP contribution in [0.2, 0.25) is 0 Å². The van der Waals surface area contributed by atoms with E-state index in [4.69, 9.17) is 0 Å². The molecule has 0 spiro atoms. The molecule has 1 radical (unpaired) electrons. The molecule has 14 nitrogen and oxygen atoms in total. The van der Waals surface area contributed by atoms with E-state index in [1.54, 1.807) is 30.3 Å². The number of aryl methyl sites for hydroxylation is 3. The van der Waals surface area contributed by atoms with E-state index in [0.29, 0.717) is 52.0 Å². The van der Waals surface area contributed by atoms with Gasteiger partial charge >= 0.3 is 12.1 Å². The summed E-state index contributed by atoms with van der Waals surface area (Å²) in [6.45, 7) is 1.67. The number of rotatable bonds is 8. The molecule has 0 aliphatic carbocycles. The van der Waals surface area contributed by atoms with Gasteiger partial charge in [-0.1, -0.05) is 17.4 Å². The number of azo groups is 2. The van der Waals surface area contributed by atoms with Gasteiger partial charge < -0.3 is 14.9 Å². The fourth-order valence-corrected chi connectivity index (χ4v) is 7.69. The largest absolute Gasteiger partial charge is 0.478 e. The van der Waals surface area contributed by atoms with Crippen molar-refractivity contribution in [1.29, 1.82) is 0 Å². The summed E-state index contributed by atoms with van der Waals surface area (Å²) in [7, 11) is -2.82. The molecule has 2 aliphatic rings. The molecule has 2 aliphatic heterocycles. The Morgan fingerprint density at radius 2 is 1.62 bits per heavy atom. The van der Waals surface area contributed by atoms with Crippen LogP contribution in [-0.4, -0.2) is 73.2 Å². The number of hydrogen-bond acceptors (Lipinski definition) is 13. The van der Waals surface area contributed by atoms with Crippen LogP contribution in [0, 0.1) is 6.92 Å². The van der Waals surface area contributed by atoms with Gasteiger partial charge in [0.25, 0.3) is 10.1 Å². The average molecular weight is 858 g/mol. The first-order valence-electron chi connectivity index (χ1n) is 16.8. The summed E-state index contributed by atoms with van der Waals surface area (Å²) in [5.41, 5.74) is 4.82. The molecule has 3 aromatic carbocycles. The fourth-order valence-electron chi connectivity index (χ4n) is 6.23. The molecule has 56 heavy (non-hydrogen) atoms. The number of fused-ring (bicyclic) bond motifs is 3. The third kappa shape index (κ3) is 10.2. The minimum Gasteiger partial charge on any atom is -0.478 e. The van der Waals surface area contributed by atoms with Gasteiger partial charge in [-0.25, -0.2) is 14.8 Å². The zero-order valence-electron chi connectivity index (χ0n) is 29.7. The molecule has 0 saturated carbocycles. The summed E-state index contributed by atoms with van der Waals surface area (Å²) in [5.74, 6) is -0.533. The SMILES string of the molecule is Cc1cccc(N=Nc2cc3c(cc2C(=O)O)N(C)CCC3)n1.O=Cc1ccc2nc(N=Nc3cc4c(cc3S(=O)(=O)O)N(CC(F)(F)F)CCC4)sc2c1.[Cu]. The maximum Gasteiger partial charge on any atom is 0.405 e. The van der Waals surface area contributed by atoms with Gasteiger partial charge in [-0.05, 0) is 98.3 Å². The molecule has 0 saturated heterocycles. The Kier molecular flexibility index (Phi) is 13.0. The molecule has 20 heteroatoms. The number of carboxylic acid groups (broad SMARTS) is 1. The van der Waals surface area contributed by atoms with E-state index in [9.17, 15) is 40.8 Å². The molecular formula is C36H33CuF3N8O6S2. The van der Waals surface area contributed by atoms with E-state index >= 15 is 0 Å². The molecule has 0 amide bonds. The summed E-state index contributed by atoms with van der Waals surface area (Å²) >= 11 is 1.12. The van der Waals surface area contributed by atoms with Crippen LogP contribution in [0.15, 0.2) is 86.0 Å². The third-order valence-electron chi connectivity index (χ3n) is 8.72. The number of nitrogens with zero attached hydrogens (tertiary/aromatic N) is 8. The van der Waals surface area contributed by atoms with Crippen LogP contribution in [0.4, 0.5) is 46.9 Å². The van der Waals surface area contributed by atoms with E-state index in [-0.39, 0.29) is 45.7 Å². The molecule has 2 N–H and O–H groups in total. The summed E-state index contributed by atoms with van der Waals surface area (Å²) in [6.07, 6.45) is -0.943. The van der Waals surface area contributed by atoms with Crippen molar-refractivity contribution in [3.63, 3.8) is 0 Å². The number of thiazole rings is 1. The van der Waals surface area contributed by atoms with Crippen LogP contribution in [-0.2, 0) is 40.0 Å². The summed E-state index contributed by atoms with van der Waals surface area (Å²) < 4.78 is 72.9. The molecule has 4 heterocycles. The molecule has 0 atom stereocenters. The topological polar surface area (TPSA) is 190 Å². The number of halogens is 3. The van der Waals surface area contributed by atoms with E-state index in [2.05, 4.69) is 35.3 Å². The number of carboxylic acids is 1. The van der Waals surface area contributed by atoms with Crippen LogP contribution in [0.3, 0.4) is 0 Å². The fraction of sp³-hybridized carbons (Fsp3) is 0.278. The van der Waals surface area contributed by atoms with Crippen molar-refractivity contribution in [2.45, 2.75) is 43.7 Å². The van der Waals surface area contributed by atoms with Crippen molar-refractivity contribution in [1.82, 2.24) is 9.97 Å². The van der Waals surface area contributed by atoms with Gasteiger partial charge in [0.2, 0.25) is 5.13 Å². The van der Waals surface area contributed by atoms with Gasteiger partial charge in [-0.2, -0.15) is 21.6 Å². The normalized spacial score (nSPS) is 14.2. The van der Waals surface area contributed by atoms with Gasteiger partial charge in [-0.15, -0.1) is 20.5 Å². The third-order valence-corrected chi connectivity index (χ3v) is 10.5. The average Bonchev–Trinajstić information content (AvgIpc) is 3.54. The first kappa shape index (κ1) is 42.0. The number of hydrogen-bond donors (Lipinski definition) is 2. The van der Waals surface area contributed by atoms with Crippen molar-refractivity contribution < 1.29 is 57.9 Å². The van der Waals surface area contributed by atoms with Crippen molar-refractivity contribution in [2.75, 3.05) is 36.5 Å². The van der Waals surface area contributed by atoms with Gasteiger partial charge in [0.05, 0.1) is 15.8 Å². The Bertz CT molecular complexity index is 2460. The van der Waals surface area contributed by atoms with E-state index in [1.807, 2.05) is 32.2 Å². The zero-order valence-corrected chi connectivity index (χ0v) is 32.2. The molecule has 0 fully saturated rings. The van der Waals surface area contributed by atoms with Crippen LogP contribution in [0.25, 0.3) is 10.2 Å². The molecule has 2 aromatic heterocycles. The Hall–Kier alpha value is -5.14. The second kappa shape index (κ2) is 17.3. The summed E-state index contributed by atoms with van der Waals surface area (Å²) in [6, 6.07) is 16.1. The first-order chi connectivity index (χ1) is 26.1.